The van der Waals surface area contributed by atoms with Crippen LogP contribution in [0, 0.1) is 0 Å². The van der Waals surface area contributed by atoms with Crippen molar-refractivity contribution in [1.29, 1.82) is 0 Å². The lowest BCUT2D eigenvalue weighted by Gasteiger charge is -2.03. The highest BCUT2D eigenvalue weighted by Crippen LogP contribution is 2.24. The van der Waals surface area contributed by atoms with Crippen molar-refractivity contribution in [2.45, 2.75) is 32.7 Å². The molecule has 1 aromatic heterocycles. The molecule has 2 nitrogen and oxygen atoms in total. The second-order valence-corrected chi connectivity index (χ2v) is 6.56. The molecule has 0 N–H and O–H groups in total. The van der Waals surface area contributed by atoms with Crippen LogP contribution in [0.3, 0.4) is 0 Å². The topological polar surface area (TPSA) is 22.0 Å². The van der Waals surface area contributed by atoms with Crippen LogP contribution in [0.1, 0.15) is 36.5 Å². The summed E-state index contributed by atoms with van der Waals surface area (Å²) in [6.07, 6.45) is 7.13. The number of nitrogens with zero attached hydrogens (tertiary/aromatic N) is 1. The van der Waals surface area contributed by atoms with E-state index in [0.717, 1.165) is 39.9 Å². The van der Waals surface area contributed by atoms with Crippen molar-refractivity contribution in [1.82, 2.24) is 4.57 Å². The molecular weight excluding hydrogens is 318 g/mol. The summed E-state index contributed by atoms with van der Waals surface area (Å²) in [7, 11) is 0. The first-order valence-corrected chi connectivity index (χ1v) is 9.20. The molecule has 0 aliphatic heterocycles. The van der Waals surface area contributed by atoms with Gasteiger partial charge in [-0.1, -0.05) is 81.5 Å². The zero-order chi connectivity index (χ0) is 18.5. The molecule has 2 heteroatoms. The molecule has 0 radical (unpaired) electrons. The second-order valence-electron chi connectivity index (χ2n) is 6.56. The highest BCUT2D eigenvalue weighted by Gasteiger charge is 2.17. The Morgan fingerprint density at radius 1 is 1.08 bits per heavy atom. The van der Waals surface area contributed by atoms with Crippen LogP contribution >= 0.6 is 0 Å². The highest BCUT2D eigenvalue weighted by molar-refractivity contribution is 6.30. The van der Waals surface area contributed by atoms with Crippen LogP contribution in [-0.2, 0) is 6.54 Å². The summed E-state index contributed by atoms with van der Waals surface area (Å²) in [6, 6.07) is 15.8. The van der Waals surface area contributed by atoms with Crippen LogP contribution in [0.2, 0.25) is 0 Å². The molecule has 0 saturated heterocycles. The number of aryl methyl sites for hydroxylation is 1. The molecular formula is C24H25NO. The molecule has 0 spiro atoms. The van der Waals surface area contributed by atoms with Gasteiger partial charge in [-0.05, 0) is 22.9 Å². The van der Waals surface area contributed by atoms with Crippen LogP contribution < -0.4 is 10.4 Å². The maximum Gasteiger partial charge on any atom is 0.195 e. The van der Waals surface area contributed by atoms with E-state index >= 15 is 0 Å². The van der Waals surface area contributed by atoms with E-state index in [2.05, 4.69) is 30.7 Å². The van der Waals surface area contributed by atoms with Crippen LogP contribution in [-0.4, -0.2) is 10.4 Å². The minimum atomic E-state index is 0.00143. The number of ketones is 1. The van der Waals surface area contributed by atoms with Gasteiger partial charge in [0.1, 0.15) is 0 Å². The van der Waals surface area contributed by atoms with Gasteiger partial charge in [-0.3, -0.25) is 4.79 Å². The molecule has 0 atom stereocenters. The van der Waals surface area contributed by atoms with E-state index < -0.39 is 0 Å². The van der Waals surface area contributed by atoms with Crippen molar-refractivity contribution in [2.75, 3.05) is 0 Å². The third-order valence-corrected chi connectivity index (χ3v) is 4.79. The molecule has 0 saturated carbocycles. The van der Waals surface area contributed by atoms with E-state index in [9.17, 15) is 4.79 Å². The molecule has 132 valence electrons. The average molecular weight is 343 g/mol. The SMILES string of the molecule is C=C/C(C(=O)c1cn(CCCCC)c2ccccc12)=c1/ccccc1=C. The Labute approximate surface area is 154 Å². The minimum absolute atomic E-state index is 0.00143. The second kappa shape index (κ2) is 8.01. The summed E-state index contributed by atoms with van der Waals surface area (Å²) in [6.45, 7) is 11.1. The molecule has 0 aliphatic rings. The zero-order valence-corrected chi connectivity index (χ0v) is 15.4. The van der Waals surface area contributed by atoms with Crippen molar-refractivity contribution in [3.63, 3.8) is 0 Å². The molecule has 0 unspecified atom stereocenters. The number of rotatable bonds is 7. The largest absolute Gasteiger partial charge is 0.347 e. The summed E-state index contributed by atoms with van der Waals surface area (Å²) < 4.78 is 2.20. The van der Waals surface area contributed by atoms with Crippen LogP contribution in [0.4, 0.5) is 0 Å². The van der Waals surface area contributed by atoms with Crippen molar-refractivity contribution in [2.24, 2.45) is 0 Å². The van der Waals surface area contributed by atoms with Gasteiger partial charge in [-0.25, -0.2) is 0 Å². The fourth-order valence-corrected chi connectivity index (χ4v) is 3.40. The Hall–Kier alpha value is -2.87. The number of aromatic nitrogens is 1. The van der Waals surface area contributed by atoms with Crippen molar-refractivity contribution in [3.05, 3.63) is 83.4 Å². The summed E-state index contributed by atoms with van der Waals surface area (Å²) in [5.41, 5.74) is 2.44. The predicted molar refractivity (Wildman–Crippen MR) is 111 cm³/mol. The van der Waals surface area contributed by atoms with Crippen molar-refractivity contribution >= 4 is 28.8 Å². The van der Waals surface area contributed by atoms with Crippen LogP contribution in [0.5, 0.6) is 0 Å². The monoisotopic (exact) mass is 343 g/mol. The number of fused-ring (bicyclic) bond motifs is 1. The first kappa shape index (κ1) is 17.9. The number of unbranched alkanes of at least 4 members (excludes halogenated alkanes) is 2. The first-order valence-electron chi connectivity index (χ1n) is 9.20. The average Bonchev–Trinajstić information content (AvgIpc) is 3.03. The van der Waals surface area contributed by atoms with Gasteiger partial charge in [0.05, 0.1) is 0 Å². The number of para-hydroxylation sites is 1. The van der Waals surface area contributed by atoms with E-state index in [1.54, 1.807) is 6.08 Å². The molecule has 0 bridgehead atoms. The molecule has 3 rings (SSSR count). The number of carbonyl (C=O) groups excluding carboxylic acids is 1. The summed E-state index contributed by atoms with van der Waals surface area (Å²) in [4.78, 5) is 13.3. The molecule has 0 amide bonds. The summed E-state index contributed by atoms with van der Waals surface area (Å²) in [5, 5.41) is 2.67. The van der Waals surface area contributed by atoms with Gasteiger partial charge in [0, 0.05) is 34.8 Å². The van der Waals surface area contributed by atoms with Gasteiger partial charge in [-0.15, -0.1) is 0 Å². The summed E-state index contributed by atoms with van der Waals surface area (Å²) >= 11 is 0. The van der Waals surface area contributed by atoms with Gasteiger partial charge >= 0.3 is 0 Å². The molecule has 2 aromatic carbocycles. The molecule has 0 fully saturated rings. The lowest BCUT2D eigenvalue weighted by molar-refractivity contribution is 0.105. The number of allylic oxidation sites excluding steroid dienone is 1. The van der Waals surface area contributed by atoms with E-state index in [0.29, 0.717) is 5.57 Å². The normalized spacial score (nSPS) is 12.2. The van der Waals surface area contributed by atoms with E-state index in [-0.39, 0.29) is 5.78 Å². The Bertz CT molecular complexity index is 1060. The maximum atomic E-state index is 13.3. The first-order chi connectivity index (χ1) is 12.7. The zero-order valence-electron chi connectivity index (χ0n) is 15.4. The highest BCUT2D eigenvalue weighted by atomic mass is 16.1. The van der Waals surface area contributed by atoms with Crippen LogP contribution in [0.15, 0.2) is 67.4 Å². The lowest BCUT2D eigenvalue weighted by Crippen LogP contribution is -2.27. The number of Topliss-reactive ketones (excluding diaryl/α,β-unsaturated/α-hetero) is 1. The van der Waals surface area contributed by atoms with E-state index in [1.807, 2.05) is 48.7 Å². The Morgan fingerprint density at radius 3 is 2.54 bits per heavy atom. The minimum Gasteiger partial charge on any atom is -0.347 e. The van der Waals surface area contributed by atoms with Crippen molar-refractivity contribution < 1.29 is 4.79 Å². The Morgan fingerprint density at radius 2 is 1.81 bits per heavy atom. The third-order valence-electron chi connectivity index (χ3n) is 4.79. The number of carbonyl (C=O) groups is 1. The molecule has 26 heavy (non-hydrogen) atoms. The molecule has 0 aliphatic carbocycles. The van der Waals surface area contributed by atoms with Gasteiger partial charge in [-0.2, -0.15) is 0 Å². The van der Waals surface area contributed by atoms with Gasteiger partial charge in [0.25, 0.3) is 0 Å². The van der Waals surface area contributed by atoms with Crippen LogP contribution in [0.25, 0.3) is 23.1 Å². The van der Waals surface area contributed by atoms with Gasteiger partial charge in [0.15, 0.2) is 5.78 Å². The molecule has 1 heterocycles. The fourth-order valence-electron chi connectivity index (χ4n) is 3.40. The number of hydrogen-bond donors (Lipinski definition) is 0. The maximum absolute atomic E-state index is 13.3. The quantitative estimate of drug-likeness (QED) is 0.458. The van der Waals surface area contributed by atoms with Crippen molar-refractivity contribution in [3.8, 4) is 0 Å². The van der Waals surface area contributed by atoms with Gasteiger partial charge < -0.3 is 4.57 Å². The smallest absolute Gasteiger partial charge is 0.195 e. The standard InChI is InChI=1S/C24H25NO/c1-4-6-11-16-25-17-22(21-14-9-10-15-23(21)25)24(26)19(5-2)20-13-8-7-12-18(20)3/h5,7-10,12-15,17H,2-4,6,11,16H2,1H3/b20-19+. The fraction of sp³-hybridized carbons (Fsp3) is 0.208. The number of benzene rings is 2. The number of hydrogen-bond acceptors (Lipinski definition) is 1. The van der Waals surface area contributed by atoms with E-state index in [1.165, 1.54) is 12.8 Å². The van der Waals surface area contributed by atoms with Gasteiger partial charge in [0.2, 0.25) is 0 Å². The Kier molecular flexibility index (Phi) is 5.52. The molecule has 3 aromatic rings. The lowest BCUT2D eigenvalue weighted by atomic mass is 10.00. The third kappa shape index (κ3) is 3.41. The predicted octanol–water partition coefficient (Wildman–Crippen LogP) is 4.46. The Balaban J connectivity index is 2.14. The summed E-state index contributed by atoms with van der Waals surface area (Å²) in [5.74, 6) is 0.00143. The van der Waals surface area contributed by atoms with E-state index in [4.69, 9.17) is 0 Å².